The summed E-state index contributed by atoms with van der Waals surface area (Å²) < 4.78 is 9.74. The van der Waals surface area contributed by atoms with Crippen LogP contribution in [0.2, 0.25) is 0 Å². The van der Waals surface area contributed by atoms with Crippen molar-refractivity contribution in [1.82, 2.24) is 0 Å². The summed E-state index contributed by atoms with van der Waals surface area (Å²) in [7, 11) is 0. The first-order valence-electron chi connectivity index (χ1n) is 5.64. The lowest BCUT2D eigenvalue weighted by atomic mass is 10.3. The van der Waals surface area contributed by atoms with Crippen LogP contribution in [0, 0.1) is 0 Å². The number of rotatable bonds is 8. The van der Waals surface area contributed by atoms with Crippen LogP contribution in [0.3, 0.4) is 0 Å². The minimum absolute atomic E-state index is 0.189. The summed E-state index contributed by atoms with van der Waals surface area (Å²) >= 11 is 11.3. The maximum atomic E-state index is 11.1. The Labute approximate surface area is 112 Å². The Morgan fingerprint density at radius 1 is 0.941 bits per heavy atom. The molecule has 0 saturated heterocycles. The normalized spacial score (nSPS) is 13.9. The lowest BCUT2D eigenvalue weighted by molar-refractivity contribution is -0.145. The molecule has 2 atom stereocenters. The van der Waals surface area contributed by atoms with Crippen LogP contribution in [0.25, 0.3) is 0 Å². The fraction of sp³-hybridized carbons (Fsp3) is 0.818. The van der Waals surface area contributed by atoms with Gasteiger partial charge in [-0.1, -0.05) is 13.8 Å². The zero-order valence-electron chi connectivity index (χ0n) is 10.1. The molecular weight excluding hydrogens is 267 g/mol. The smallest absolute Gasteiger partial charge is 0.324 e. The number of carbonyl (C=O) groups excluding carboxylic acids is 2. The molecule has 0 saturated carbocycles. The number of carbonyl (C=O) groups is 2. The van der Waals surface area contributed by atoms with Gasteiger partial charge in [0.15, 0.2) is 0 Å². The van der Waals surface area contributed by atoms with Gasteiger partial charge in [0.1, 0.15) is 10.8 Å². The van der Waals surface area contributed by atoms with Crippen molar-refractivity contribution in [2.75, 3.05) is 13.2 Å². The van der Waals surface area contributed by atoms with Crippen molar-refractivity contribution < 1.29 is 19.1 Å². The summed E-state index contributed by atoms with van der Waals surface area (Å²) in [4.78, 5) is 22.3. The molecule has 4 nitrogen and oxygen atoms in total. The summed E-state index contributed by atoms with van der Waals surface area (Å²) in [6.07, 6.45) is 1.50. The van der Waals surface area contributed by atoms with Crippen LogP contribution in [-0.2, 0) is 19.1 Å². The molecule has 0 aliphatic rings. The first-order valence-corrected chi connectivity index (χ1v) is 6.51. The molecule has 0 heterocycles. The van der Waals surface area contributed by atoms with Crippen LogP contribution in [-0.4, -0.2) is 35.9 Å². The van der Waals surface area contributed by atoms with Gasteiger partial charge in [-0.25, -0.2) is 0 Å². The van der Waals surface area contributed by atoms with Gasteiger partial charge in [-0.15, -0.1) is 23.2 Å². The molecule has 100 valence electrons. The van der Waals surface area contributed by atoms with Gasteiger partial charge in [0.2, 0.25) is 0 Å². The molecule has 0 spiro atoms. The number of halogens is 2. The highest BCUT2D eigenvalue weighted by atomic mass is 35.5. The Hall–Kier alpha value is -0.480. The number of hydrogen-bond acceptors (Lipinski definition) is 4. The predicted molar refractivity (Wildman–Crippen MR) is 66.4 cm³/mol. The van der Waals surface area contributed by atoms with Crippen LogP contribution in [0.5, 0.6) is 0 Å². The second-order valence-electron chi connectivity index (χ2n) is 3.44. The van der Waals surface area contributed by atoms with Crippen molar-refractivity contribution in [2.24, 2.45) is 0 Å². The van der Waals surface area contributed by atoms with Crippen molar-refractivity contribution in [3.05, 3.63) is 0 Å². The summed E-state index contributed by atoms with van der Waals surface area (Å²) in [5.74, 6) is -0.881. The van der Waals surface area contributed by atoms with Crippen LogP contribution >= 0.6 is 23.2 Å². The zero-order valence-corrected chi connectivity index (χ0v) is 11.6. The van der Waals surface area contributed by atoms with Gasteiger partial charge in [-0.3, -0.25) is 9.59 Å². The average Bonchev–Trinajstić information content (AvgIpc) is 2.35. The zero-order chi connectivity index (χ0) is 13.3. The molecule has 0 radical (unpaired) electrons. The standard InChI is InChI=1S/C11H18Cl2O4/c1-3-8(12)10(14)16-6-5-7-17-11(15)9(13)4-2/h8-9H,3-7H2,1-2H3. The van der Waals surface area contributed by atoms with Crippen molar-refractivity contribution in [3.8, 4) is 0 Å². The van der Waals surface area contributed by atoms with E-state index < -0.39 is 22.7 Å². The Morgan fingerprint density at radius 2 is 1.29 bits per heavy atom. The Morgan fingerprint density at radius 3 is 1.59 bits per heavy atom. The SMILES string of the molecule is CCC(Cl)C(=O)OCCCOC(=O)C(Cl)CC. The summed E-state index contributed by atoms with van der Waals surface area (Å²) in [6.45, 7) is 3.97. The Balaban J connectivity index is 3.53. The molecule has 0 aliphatic carbocycles. The number of hydrogen-bond donors (Lipinski definition) is 0. The molecule has 0 rings (SSSR count). The fourth-order valence-electron chi connectivity index (χ4n) is 0.919. The minimum Gasteiger partial charge on any atom is -0.464 e. The first-order chi connectivity index (χ1) is 8.02. The molecule has 0 bridgehead atoms. The van der Waals surface area contributed by atoms with Gasteiger partial charge in [0, 0.05) is 6.42 Å². The maximum Gasteiger partial charge on any atom is 0.324 e. The molecule has 0 fully saturated rings. The third-order valence-electron chi connectivity index (χ3n) is 2.01. The molecule has 0 aromatic rings. The van der Waals surface area contributed by atoms with Gasteiger partial charge in [0.25, 0.3) is 0 Å². The lowest BCUT2D eigenvalue weighted by Gasteiger charge is -2.09. The lowest BCUT2D eigenvalue weighted by Crippen LogP contribution is -2.20. The second-order valence-corrected chi connectivity index (χ2v) is 4.49. The van der Waals surface area contributed by atoms with E-state index in [-0.39, 0.29) is 13.2 Å². The van der Waals surface area contributed by atoms with Crippen molar-refractivity contribution in [3.63, 3.8) is 0 Å². The summed E-state index contributed by atoms with van der Waals surface area (Å²) in [5, 5.41) is -1.21. The van der Waals surface area contributed by atoms with Crippen molar-refractivity contribution in [2.45, 2.75) is 43.9 Å². The van der Waals surface area contributed by atoms with E-state index in [1.807, 2.05) is 0 Å². The van der Waals surface area contributed by atoms with Crippen molar-refractivity contribution >= 4 is 35.1 Å². The molecule has 0 aromatic heterocycles. The van der Waals surface area contributed by atoms with Crippen LogP contribution in [0.4, 0.5) is 0 Å². The van der Waals surface area contributed by atoms with E-state index in [1.54, 1.807) is 13.8 Å². The number of alkyl halides is 2. The van der Waals surface area contributed by atoms with E-state index in [0.717, 1.165) is 0 Å². The van der Waals surface area contributed by atoms with Crippen molar-refractivity contribution in [1.29, 1.82) is 0 Å². The topological polar surface area (TPSA) is 52.6 Å². The fourth-order valence-corrected chi connectivity index (χ4v) is 1.04. The third kappa shape index (κ3) is 7.45. The van der Waals surface area contributed by atoms with E-state index >= 15 is 0 Å². The maximum absolute atomic E-state index is 11.1. The second kappa shape index (κ2) is 9.54. The average molecular weight is 285 g/mol. The largest absolute Gasteiger partial charge is 0.464 e. The van der Waals surface area contributed by atoms with Gasteiger partial charge in [0.05, 0.1) is 13.2 Å². The van der Waals surface area contributed by atoms with Crippen LogP contribution in [0.15, 0.2) is 0 Å². The highest BCUT2D eigenvalue weighted by Crippen LogP contribution is 2.05. The molecule has 0 amide bonds. The molecule has 0 aliphatic heterocycles. The van der Waals surface area contributed by atoms with Gasteiger partial charge < -0.3 is 9.47 Å². The van der Waals surface area contributed by atoms with E-state index in [0.29, 0.717) is 19.3 Å². The van der Waals surface area contributed by atoms with Gasteiger partial charge in [-0.05, 0) is 12.8 Å². The molecule has 6 heteroatoms. The van der Waals surface area contributed by atoms with Gasteiger partial charge >= 0.3 is 11.9 Å². The highest BCUT2D eigenvalue weighted by molar-refractivity contribution is 6.30. The predicted octanol–water partition coefficient (Wildman–Crippen LogP) is 2.50. The highest BCUT2D eigenvalue weighted by Gasteiger charge is 2.15. The molecule has 17 heavy (non-hydrogen) atoms. The number of esters is 2. The van der Waals surface area contributed by atoms with E-state index in [2.05, 4.69) is 0 Å². The monoisotopic (exact) mass is 284 g/mol. The molecule has 2 unspecified atom stereocenters. The van der Waals surface area contributed by atoms with E-state index in [1.165, 1.54) is 0 Å². The number of ether oxygens (including phenoxy) is 2. The summed E-state index contributed by atoms with van der Waals surface area (Å²) in [5.41, 5.74) is 0. The molecule has 0 N–H and O–H groups in total. The first kappa shape index (κ1) is 16.5. The third-order valence-corrected chi connectivity index (χ3v) is 2.98. The van der Waals surface area contributed by atoms with E-state index in [4.69, 9.17) is 32.7 Å². The van der Waals surface area contributed by atoms with Crippen LogP contribution < -0.4 is 0 Å². The van der Waals surface area contributed by atoms with E-state index in [9.17, 15) is 9.59 Å². The Bertz CT molecular complexity index is 222. The minimum atomic E-state index is -0.607. The van der Waals surface area contributed by atoms with Gasteiger partial charge in [-0.2, -0.15) is 0 Å². The molecular formula is C11H18Cl2O4. The van der Waals surface area contributed by atoms with Crippen LogP contribution in [0.1, 0.15) is 33.1 Å². The molecule has 0 aromatic carbocycles. The summed E-state index contributed by atoms with van der Waals surface area (Å²) in [6, 6.07) is 0. The Kier molecular flexibility index (Phi) is 9.27. The quantitative estimate of drug-likeness (QED) is 0.390.